The molecule has 0 atom stereocenters. The predicted octanol–water partition coefficient (Wildman–Crippen LogP) is 11.8. The molecule has 0 bridgehead atoms. The monoisotopic (exact) mass is 588 g/mol. The van der Waals surface area contributed by atoms with Gasteiger partial charge in [0.2, 0.25) is 0 Å². The normalized spacial score (nSPS) is 11.7. The molecule has 0 fully saturated rings. The molecule has 2 nitrogen and oxygen atoms in total. The van der Waals surface area contributed by atoms with Crippen molar-refractivity contribution in [2.45, 2.75) is 13.8 Å². The second kappa shape index (κ2) is 10.4. The van der Waals surface area contributed by atoms with E-state index in [1.165, 1.54) is 82.7 Å². The van der Waals surface area contributed by atoms with Crippen LogP contribution in [-0.4, -0.2) is 9.13 Å². The fraction of sp³-hybridized carbons (Fsp3) is 0.0455. The maximum atomic E-state index is 2.43. The highest BCUT2D eigenvalue weighted by Crippen LogP contribution is 2.42. The minimum Gasteiger partial charge on any atom is -0.309 e. The summed E-state index contributed by atoms with van der Waals surface area (Å²) < 4.78 is 4.85. The number of rotatable bonds is 4. The first kappa shape index (κ1) is 26.5. The molecule has 0 aliphatic carbocycles. The first-order valence-corrected chi connectivity index (χ1v) is 15.9. The third kappa shape index (κ3) is 4.11. The SMILES string of the molecule is Cc1cc(C)cc(-c2ccc(-n3c4ccccc4c4c5c6ccccc6n(-c6ccc(-c7ccccc7)cc6)c5ccc43)cc2)c1. The van der Waals surface area contributed by atoms with Crippen molar-refractivity contribution in [2.24, 2.45) is 0 Å². The van der Waals surface area contributed by atoms with Gasteiger partial charge in [0, 0.05) is 32.9 Å². The third-order valence-electron chi connectivity index (χ3n) is 9.38. The molecule has 0 saturated heterocycles. The van der Waals surface area contributed by atoms with Gasteiger partial charge in [0.15, 0.2) is 0 Å². The van der Waals surface area contributed by atoms with Gasteiger partial charge >= 0.3 is 0 Å². The van der Waals surface area contributed by atoms with Crippen LogP contribution < -0.4 is 0 Å². The summed E-state index contributed by atoms with van der Waals surface area (Å²) in [6, 6.07) is 57.6. The Morgan fingerprint density at radius 3 is 1.24 bits per heavy atom. The van der Waals surface area contributed by atoms with Crippen LogP contribution in [0.4, 0.5) is 0 Å². The van der Waals surface area contributed by atoms with Gasteiger partial charge in [-0.2, -0.15) is 0 Å². The van der Waals surface area contributed by atoms with E-state index in [-0.39, 0.29) is 0 Å². The van der Waals surface area contributed by atoms with Crippen molar-refractivity contribution >= 4 is 43.6 Å². The highest BCUT2D eigenvalue weighted by atomic mass is 15.0. The Labute approximate surface area is 268 Å². The van der Waals surface area contributed by atoms with Crippen molar-refractivity contribution in [3.8, 4) is 33.6 Å². The lowest BCUT2D eigenvalue weighted by Gasteiger charge is -2.11. The van der Waals surface area contributed by atoms with Crippen LogP contribution in [-0.2, 0) is 0 Å². The maximum Gasteiger partial charge on any atom is 0.0548 e. The Kier molecular flexibility index (Phi) is 5.97. The topological polar surface area (TPSA) is 9.86 Å². The van der Waals surface area contributed by atoms with Crippen molar-refractivity contribution in [1.29, 1.82) is 0 Å². The van der Waals surface area contributed by atoms with Crippen LogP contribution in [0, 0.1) is 13.8 Å². The van der Waals surface area contributed by atoms with Gasteiger partial charge in [-0.1, -0.05) is 120 Å². The molecule has 46 heavy (non-hydrogen) atoms. The standard InChI is InChI=1S/C44H32N2/c1-29-26-30(2)28-34(27-29)33-18-22-36(23-19-33)46-40-15-9-7-13-38(40)44-42(46)25-24-41-43(44)37-12-6-8-14-39(37)45(41)35-20-16-32(17-21-35)31-10-4-3-5-11-31/h3-28H,1-2H3. The quantitative estimate of drug-likeness (QED) is 0.194. The Morgan fingerprint density at radius 1 is 0.326 bits per heavy atom. The number of aromatic nitrogens is 2. The van der Waals surface area contributed by atoms with E-state index in [4.69, 9.17) is 0 Å². The van der Waals surface area contributed by atoms with E-state index < -0.39 is 0 Å². The lowest BCUT2D eigenvalue weighted by atomic mass is 10.0. The summed E-state index contributed by atoms with van der Waals surface area (Å²) in [6.45, 7) is 4.33. The molecule has 218 valence electrons. The molecule has 0 N–H and O–H groups in total. The third-order valence-corrected chi connectivity index (χ3v) is 9.38. The molecule has 0 aliphatic heterocycles. The van der Waals surface area contributed by atoms with E-state index in [1.807, 2.05) is 0 Å². The van der Waals surface area contributed by atoms with Crippen LogP contribution in [0.25, 0.3) is 77.2 Å². The van der Waals surface area contributed by atoms with Crippen molar-refractivity contribution in [3.63, 3.8) is 0 Å². The number of fused-ring (bicyclic) bond motifs is 7. The van der Waals surface area contributed by atoms with Crippen LogP contribution in [0.3, 0.4) is 0 Å². The fourth-order valence-electron chi connectivity index (χ4n) is 7.45. The van der Waals surface area contributed by atoms with Crippen LogP contribution >= 0.6 is 0 Å². The van der Waals surface area contributed by atoms with Crippen molar-refractivity contribution in [3.05, 3.63) is 169 Å². The molecule has 0 amide bonds. The van der Waals surface area contributed by atoms with E-state index in [0.717, 1.165) is 5.69 Å². The Hall–Kier alpha value is -5.86. The predicted molar refractivity (Wildman–Crippen MR) is 195 cm³/mol. The minimum atomic E-state index is 1.16. The molecule has 0 unspecified atom stereocenters. The first-order valence-electron chi connectivity index (χ1n) is 15.9. The van der Waals surface area contributed by atoms with Gasteiger partial charge in [0.05, 0.1) is 22.1 Å². The Morgan fingerprint density at radius 2 is 0.739 bits per heavy atom. The fourth-order valence-corrected chi connectivity index (χ4v) is 7.45. The summed E-state index contributed by atoms with van der Waals surface area (Å²) in [5, 5.41) is 5.12. The molecule has 0 radical (unpaired) electrons. The largest absolute Gasteiger partial charge is 0.309 e. The first-order chi connectivity index (χ1) is 22.6. The Balaban J connectivity index is 1.27. The summed E-state index contributed by atoms with van der Waals surface area (Å²) in [5.41, 5.74) is 14.7. The molecule has 2 aromatic heterocycles. The van der Waals surface area contributed by atoms with Gasteiger partial charge in [0.25, 0.3) is 0 Å². The molecule has 9 aromatic rings. The number of aryl methyl sites for hydroxylation is 2. The molecule has 7 aromatic carbocycles. The minimum absolute atomic E-state index is 1.16. The molecule has 2 heteroatoms. The molecular formula is C44H32N2. The van der Waals surface area contributed by atoms with Gasteiger partial charge in [-0.15, -0.1) is 0 Å². The van der Waals surface area contributed by atoms with Crippen molar-refractivity contribution in [1.82, 2.24) is 9.13 Å². The van der Waals surface area contributed by atoms with Crippen LogP contribution in [0.5, 0.6) is 0 Å². The summed E-state index contributed by atoms with van der Waals surface area (Å²) in [4.78, 5) is 0. The number of benzene rings is 7. The molecule has 0 aliphatic rings. The lowest BCUT2D eigenvalue weighted by molar-refractivity contribution is 1.17. The summed E-state index contributed by atoms with van der Waals surface area (Å²) in [5.74, 6) is 0. The second-order valence-electron chi connectivity index (χ2n) is 12.4. The maximum absolute atomic E-state index is 2.43. The molecule has 9 rings (SSSR count). The molecule has 0 saturated carbocycles. The average Bonchev–Trinajstić information content (AvgIpc) is 3.61. The number of para-hydroxylation sites is 2. The van der Waals surface area contributed by atoms with Crippen LogP contribution in [0.15, 0.2) is 158 Å². The molecule has 2 heterocycles. The van der Waals surface area contributed by atoms with E-state index >= 15 is 0 Å². The van der Waals surface area contributed by atoms with Gasteiger partial charge in [-0.25, -0.2) is 0 Å². The average molecular weight is 589 g/mol. The van der Waals surface area contributed by atoms with Gasteiger partial charge in [-0.3, -0.25) is 0 Å². The van der Waals surface area contributed by atoms with E-state index in [9.17, 15) is 0 Å². The summed E-state index contributed by atoms with van der Waals surface area (Å²) in [6.07, 6.45) is 0. The highest BCUT2D eigenvalue weighted by Gasteiger charge is 2.20. The summed E-state index contributed by atoms with van der Waals surface area (Å²) >= 11 is 0. The number of hydrogen-bond acceptors (Lipinski definition) is 0. The zero-order chi connectivity index (χ0) is 30.8. The highest BCUT2D eigenvalue weighted by molar-refractivity contribution is 6.28. The second-order valence-corrected chi connectivity index (χ2v) is 12.4. The zero-order valence-electron chi connectivity index (χ0n) is 25.9. The van der Waals surface area contributed by atoms with Crippen LogP contribution in [0.1, 0.15) is 11.1 Å². The van der Waals surface area contributed by atoms with Crippen LogP contribution in [0.2, 0.25) is 0 Å². The molecular weight excluding hydrogens is 556 g/mol. The van der Waals surface area contributed by atoms with Gasteiger partial charge in [0.1, 0.15) is 0 Å². The van der Waals surface area contributed by atoms with E-state index in [2.05, 4.69) is 181 Å². The van der Waals surface area contributed by atoms with E-state index in [1.54, 1.807) is 0 Å². The smallest absolute Gasteiger partial charge is 0.0548 e. The van der Waals surface area contributed by atoms with Crippen molar-refractivity contribution < 1.29 is 0 Å². The number of nitrogens with zero attached hydrogens (tertiary/aromatic N) is 2. The number of hydrogen-bond donors (Lipinski definition) is 0. The van der Waals surface area contributed by atoms with Gasteiger partial charge < -0.3 is 9.13 Å². The lowest BCUT2D eigenvalue weighted by Crippen LogP contribution is -1.95. The molecule has 0 spiro atoms. The Bertz CT molecular complexity index is 2540. The van der Waals surface area contributed by atoms with Gasteiger partial charge in [-0.05, 0) is 84.6 Å². The van der Waals surface area contributed by atoms with Crippen molar-refractivity contribution in [2.75, 3.05) is 0 Å². The zero-order valence-corrected chi connectivity index (χ0v) is 25.9. The van der Waals surface area contributed by atoms with E-state index in [0.29, 0.717) is 0 Å². The summed E-state index contributed by atoms with van der Waals surface area (Å²) in [7, 11) is 0.